The second-order valence-corrected chi connectivity index (χ2v) is 6.11. The Morgan fingerprint density at radius 3 is 2.70 bits per heavy atom. The number of rotatable bonds is 5. The molecule has 0 aliphatic rings. The largest absolute Gasteiger partial charge is 0.494 e. The van der Waals surface area contributed by atoms with Crippen molar-refractivity contribution in [2.24, 2.45) is 0 Å². The molecule has 0 aliphatic carbocycles. The van der Waals surface area contributed by atoms with Crippen molar-refractivity contribution in [2.75, 3.05) is 7.11 Å². The molecule has 23 heavy (non-hydrogen) atoms. The van der Waals surface area contributed by atoms with Gasteiger partial charge >= 0.3 is 0 Å². The number of H-pyrrole nitrogens is 1. The fraction of sp³-hybridized carbons (Fsp3) is 0.125. The van der Waals surface area contributed by atoms with Crippen molar-refractivity contribution < 1.29 is 9.13 Å². The van der Waals surface area contributed by atoms with Gasteiger partial charge in [0, 0.05) is 16.3 Å². The summed E-state index contributed by atoms with van der Waals surface area (Å²) in [7, 11) is 1.44. The number of hydrogen-bond acceptors (Lipinski definition) is 4. The summed E-state index contributed by atoms with van der Waals surface area (Å²) >= 11 is 7.29. The summed E-state index contributed by atoms with van der Waals surface area (Å²) in [5.74, 6) is 1.10. The van der Waals surface area contributed by atoms with E-state index in [9.17, 15) is 4.39 Å². The molecule has 4 nitrogen and oxygen atoms in total. The number of methoxy groups -OCH3 is 1. The van der Waals surface area contributed by atoms with E-state index in [1.165, 1.54) is 24.9 Å². The molecular weight excluding hydrogens is 337 g/mol. The normalized spacial score (nSPS) is 10.7. The first-order chi connectivity index (χ1) is 11.2. The second-order valence-electron chi connectivity index (χ2n) is 4.73. The maximum absolute atomic E-state index is 13.7. The maximum atomic E-state index is 13.7. The number of aromatic nitrogens is 3. The molecule has 1 N–H and O–H groups in total. The molecule has 0 saturated heterocycles. The summed E-state index contributed by atoms with van der Waals surface area (Å²) < 4.78 is 18.6. The van der Waals surface area contributed by atoms with Crippen LogP contribution >= 0.6 is 23.4 Å². The molecule has 3 aromatic rings. The molecule has 0 spiro atoms. The Morgan fingerprint density at radius 2 is 2.00 bits per heavy atom. The Kier molecular flexibility index (Phi) is 4.83. The van der Waals surface area contributed by atoms with Gasteiger partial charge in [0.1, 0.15) is 0 Å². The van der Waals surface area contributed by atoms with Crippen molar-refractivity contribution in [1.29, 1.82) is 0 Å². The topological polar surface area (TPSA) is 50.8 Å². The molecule has 0 atom stereocenters. The molecule has 7 heteroatoms. The van der Waals surface area contributed by atoms with Crippen LogP contribution in [0.4, 0.5) is 4.39 Å². The van der Waals surface area contributed by atoms with Crippen LogP contribution in [0.2, 0.25) is 5.02 Å². The van der Waals surface area contributed by atoms with Gasteiger partial charge < -0.3 is 4.74 Å². The van der Waals surface area contributed by atoms with E-state index in [1.807, 2.05) is 18.2 Å². The lowest BCUT2D eigenvalue weighted by Crippen LogP contribution is -1.90. The third-order valence-corrected chi connectivity index (χ3v) is 4.34. The minimum Gasteiger partial charge on any atom is -0.494 e. The zero-order valence-corrected chi connectivity index (χ0v) is 13.8. The third-order valence-electron chi connectivity index (χ3n) is 3.17. The molecule has 0 bridgehead atoms. The monoisotopic (exact) mass is 349 g/mol. The van der Waals surface area contributed by atoms with Gasteiger partial charge in [-0.05, 0) is 42.0 Å². The standard InChI is InChI=1S/C16H13ClFN3OS/c1-22-14-7-2-10(8-13(14)18)9-23-16-19-15(20-21-16)11-3-5-12(17)6-4-11/h2-8H,9H2,1H3,(H,19,20,21). The molecule has 0 aliphatic heterocycles. The van der Waals surface area contributed by atoms with Crippen molar-refractivity contribution in [2.45, 2.75) is 10.9 Å². The lowest BCUT2D eigenvalue weighted by atomic mass is 10.2. The van der Waals surface area contributed by atoms with Crippen molar-refractivity contribution in [1.82, 2.24) is 15.2 Å². The van der Waals surface area contributed by atoms with Gasteiger partial charge in [0.25, 0.3) is 0 Å². The van der Waals surface area contributed by atoms with Crippen molar-refractivity contribution >= 4 is 23.4 Å². The van der Waals surface area contributed by atoms with E-state index in [-0.39, 0.29) is 11.6 Å². The van der Waals surface area contributed by atoms with E-state index < -0.39 is 0 Å². The molecular formula is C16H13ClFN3OS. The van der Waals surface area contributed by atoms with E-state index in [0.717, 1.165) is 11.1 Å². The van der Waals surface area contributed by atoms with E-state index in [0.29, 0.717) is 21.8 Å². The molecule has 1 aromatic heterocycles. The number of hydrogen-bond donors (Lipinski definition) is 1. The summed E-state index contributed by atoms with van der Waals surface area (Å²) in [6.07, 6.45) is 0. The molecule has 118 valence electrons. The Bertz CT molecular complexity index is 807. The van der Waals surface area contributed by atoms with Crippen LogP contribution in [0, 0.1) is 5.82 Å². The van der Waals surface area contributed by atoms with Crippen LogP contribution in [0.15, 0.2) is 47.6 Å². The Balaban J connectivity index is 1.67. The zero-order valence-electron chi connectivity index (χ0n) is 12.2. The summed E-state index contributed by atoms with van der Waals surface area (Å²) in [5, 5.41) is 8.32. The highest BCUT2D eigenvalue weighted by atomic mass is 35.5. The van der Waals surface area contributed by atoms with E-state index in [1.54, 1.807) is 18.2 Å². The predicted molar refractivity (Wildman–Crippen MR) is 89.3 cm³/mol. The SMILES string of the molecule is COc1ccc(CSc2n[nH]c(-c3ccc(Cl)cc3)n2)cc1F. The Labute approximate surface area is 142 Å². The van der Waals surface area contributed by atoms with Crippen LogP contribution < -0.4 is 4.74 Å². The van der Waals surface area contributed by atoms with Crippen LogP contribution in [0.3, 0.4) is 0 Å². The Hall–Kier alpha value is -2.05. The molecule has 0 saturated carbocycles. The zero-order chi connectivity index (χ0) is 16.2. The summed E-state index contributed by atoms with van der Waals surface area (Å²) in [5.41, 5.74) is 1.75. The van der Waals surface area contributed by atoms with Gasteiger partial charge in [0.15, 0.2) is 17.4 Å². The second kappa shape index (κ2) is 7.02. The van der Waals surface area contributed by atoms with Crippen LogP contribution in [-0.4, -0.2) is 22.3 Å². The lowest BCUT2D eigenvalue weighted by Gasteiger charge is -2.03. The van der Waals surface area contributed by atoms with Crippen LogP contribution in [-0.2, 0) is 5.75 Å². The molecule has 2 aromatic carbocycles. The lowest BCUT2D eigenvalue weighted by molar-refractivity contribution is 0.386. The van der Waals surface area contributed by atoms with Gasteiger partial charge in [-0.3, -0.25) is 5.10 Å². The van der Waals surface area contributed by atoms with Crippen molar-refractivity contribution in [3.05, 3.63) is 58.9 Å². The quantitative estimate of drug-likeness (QED) is 0.686. The first-order valence-electron chi connectivity index (χ1n) is 6.79. The van der Waals surface area contributed by atoms with E-state index >= 15 is 0 Å². The molecule has 0 amide bonds. The summed E-state index contributed by atoms with van der Waals surface area (Å²) in [6.45, 7) is 0. The van der Waals surface area contributed by atoms with Crippen molar-refractivity contribution in [3.8, 4) is 17.1 Å². The first-order valence-corrected chi connectivity index (χ1v) is 8.15. The minimum absolute atomic E-state index is 0.238. The summed E-state index contributed by atoms with van der Waals surface area (Å²) in [4.78, 5) is 4.42. The van der Waals surface area contributed by atoms with Gasteiger partial charge in [-0.15, -0.1) is 5.10 Å². The van der Waals surface area contributed by atoms with Crippen molar-refractivity contribution in [3.63, 3.8) is 0 Å². The summed E-state index contributed by atoms with van der Waals surface area (Å²) in [6, 6.07) is 12.2. The van der Waals surface area contributed by atoms with Gasteiger partial charge in [0.05, 0.1) is 7.11 Å². The average Bonchev–Trinajstić information content (AvgIpc) is 3.03. The maximum Gasteiger partial charge on any atom is 0.209 e. The average molecular weight is 350 g/mol. The van der Waals surface area contributed by atoms with Crippen LogP contribution in [0.1, 0.15) is 5.56 Å². The number of nitrogens with zero attached hydrogens (tertiary/aromatic N) is 2. The molecule has 0 unspecified atom stereocenters. The highest BCUT2D eigenvalue weighted by Crippen LogP contribution is 2.25. The highest BCUT2D eigenvalue weighted by molar-refractivity contribution is 7.98. The minimum atomic E-state index is -0.373. The molecule has 1 heterocycles. The van der Waals surface area contributed by atoms with Crippen LogP contribution in [0.25, 0.3) is 11.4 Å². The number of halogens is 2. The number of thioether (sulfide) groups is 1. The van der Waals surface area contributed by atoms with Gasteiger partial charge in [-0.1, -0.05) is 29.4 Å². The Morgan fingerprint density at radius 1 is 1.22 bits per heavy atom. The number of ether oxygens (including phenoxy) is 1. The van der Waals surface area contributed by atoms with Crippen LogP contribution in [0.5, 0.6) is 5.75 Å². The molecule has 0 fully saturated rings. The smallest absolute Gasteiger partial charge is 0.209 e. The fourth-order valence-electron chi connectivity index (χ4n) is 2.00. The predicted octanol–water partition coefficient (Wildman–Crippen LogP) is 4.57. The molecule has 0 radical (unpaired) electrons. The van der Waals surface area contributed by atoms with E-state index in [2.05, 4.69) is 15.2 Å². The fourth-order valence-corrected chi connectivity index (χ4v) is 2.86. The third kappa shape index (κ3) is 3.83. The first kappa shape index (κ1) is 15.8. The number of nitrogens with one attached hydrogen (secondary N) is 1. The van der Waals surface area contributed by atoms with Gasteiger partial charge in [-0.25, -0.2) is 9.37 Å². The number of aromatic amines is 1. The number of benzene rings is 2. The van der Waals surface area contributed by atoms with E-state index in [4.69, 9.17) is 16.3 Å². The van der Waals surface area contributed by atoms with Gasteiger partial charge in [-0.2, -0.15) is 0 Å². The van der Waals surface area contributed by atoms with Gasteiger partial charge in [0.2, 0.25) is 5.16 Å². The molecule has 3 rings (SSSR count). The highest BCUT2D eigenvalue weighted by Gasteiger charge is 2.08.